The van der Waals surface area contributed by atoms with Crippen LogP contribution in [0.25, 0.3) is 11.3 Å². The summed E-state index contributed by atoms with van der Waals surface area (Å²) >= 11 is 7.29. The molecule has 0 saturated carbocycles. The summed E-state index contributed by atoms with van der Waals surface area (Å²) in [7, 11) is 0. The number of hydrogen-bond donors (Lipinski definition) is 0. The Morgan fingerprint density at radius 2 is 2.04 bits per heavy atom. The van der Waals surface area contributed by atoms with E-state index in [4.69, 9.17) is 16.3 Å². The van der Waals surface area contributed by atoms with Gasteiger partial charge in [0, 0.05) is 37.1 Å². The van der Waals surface area contributed by atoms with Crippen molar-refractivity contribution in [3.8, 4) is 11.3 Å². The molecule has 0 spiro atoms. The van der Waals surface area contributed by atoms with Crippen molar-refractivity contribution < 1.29 is 9.53 Å². The highest BCUT2D eigenvalue weighted by molar-refractivity contribution is 7.14. The molecule has 1 aliphatic heterocycles. The minimum absolute atomic E-state index is 0.0300. The van der Waals surface area contributed by atoms with Gasteiger partial charge in [-0.15, -0.1) is 22.9 Å². The zero-order chi connectivity index (χ0) is 17.5. The van der Waals surface area contributed by atoms with Crippen LogP contribution in [0.4, 0.5) is 5.13 Å². The standard InChI is InChI=1S/C18H22ClN3O2S/c19-13-17(23)22(8-4-7-21-9-11-24-12-10-21)18-20-16(14-25-18)15-5-2-1-3-6-15/h1-3,5-6,14H,4,7-13H2. The molecule has 1 aliphatic rings. The molecule has 0 bridgehead atoms. The van der Waals surface area contributed by atoms with Gasteiger partial charge in [-0.2, -0.15) is 0 Å². The number of carbonyl (C=O) groups is 1. The number of amides is 1. The fourth-order valence-electron chi connectivity index (χ4n) is 2.81. The summed E-state index contributed by atoms with van der Waals surface area (Å²) in [6.07, 6.45) is 0.892. The van der Waals surface area contributed by atoms with Gasteiger partial charge in [0.25, 0.3) is 0 Å². The lowest BCUT2D eigenvalue weighted by atomic mass is 10.2. The molecule has 1 fully saturated rings. The van der Waals surface area contributed by atoms with E-state index in [9.17, 15) is 4.79 Å². The third kappa shape index (κ3) is 5.01. The van der Waals surface area contributed by atoms with E-state index in [1.165, 1.54) is 11.3 Å². The highest BCUT2D eigenvalue weighted by Crippen LogP contribution is 2.27. The predicted molar refractivity (Wildman–Crippen MR) is 102 cm³/mol. The second-order valence-electron chi connectivity index (χ2n) is 5.87. The molecule has 1 aromatic carbocycles. The quantitative estimate of drug-likeness (QED) is 0.693. The van der Waals surface area contributed by atoms with Crippen LogP contribution in [0.1, 0.15) is 6.42 Å². The molecule has 134 valence electrons. The first-order chi connectivity index (χ1) is 12.3. The molecule has 3 rings (SSSR count). The van der Waals surface area contributed by atoms with Crippen molar-refractivity contribution in [2.75, 3.05) is 50.2 Å². The number of hydrogen-bond acceptors (Lipinski definition) is 5. The number of aromatic nitrogens is 1. The number of morpholine rings is 1. The van der Waals surface area contributed by atoms with E-state index in [0.717, 1.165) is 50.5 Å². The Morgan fingerprint density at radius 1 is 1.28 bits per heavy atom. The summed E-state index contributed by atoms with van der Waals surface area (Å²) in [5, 5.41) is 2.70. The van der Waals surface area contributed by atoms with E-state index in [2.05, 4.69) is 9.88 Å². The first-order valence-corrected chi connectivity index (χ1v) is 9.86. The first-order valence-electron chi connectivity index (χ1n) is 8.45. The van der Waals surface area contributed by atoms with E-state index in [1.54, 1.807) is 4.90 Å². The van der Waals surface area contributed by atoms with E-state index in [0.29, 0.717) is 11.7 Å². The fourth-order valence-corrected chi connectivity index (χ4v) is 3.83. The minimum Gasteiger partial charge on any atom is -0.379 e. The Hall–Kier alpha value is -1.47. The summed E-state index contributed by atoms with van der Waals surface area (Å²) in [6.45, 7) is 5.07. The van der Waals surface area contributed by atoms with Crippen LogP contribution in [-0.4, -0.2) is 61.1 Å². The van der Waals surface area contributed by atoms with E-state index >= 15 is 0 Å². The number of benzene rings is 1. The molecule has 1 aromatic heterocycles. The third-order valence-corrected chi connectivity index (χ3v) is 5.26. The second kappa shape index (κ2) is 9.29. The number of nitrogens with zero attached hydrogens (tertiary/aromatic N) is 3. The average Bonchev–Trinajstić information content (AvgIpc) is 3.16. The van der Waals surface area contributed by atoms with Crippen molar-refractivity contribution in [3.05, 3.63) is 35.7 Å². The summed E-state index contributed by atoms with van der Waals surface area (Å²) in [4.78, 5) is 21.0. The summed E-state index contributed by atoms with van der Waals surface area (Å²) in [5.41, 5.74) is 1.94. The number of carbonyl (C=O) groups excluding carboxylic acids is 1. The fraction of sp³-hybridized carbons (Fsp3) is 0.444. The van der Waals surface area contributed by atoms with Crippen molar-refractivity contribution in [1.29, 1.82) is 0 Å². The van der Waals surface area contributed by atoms with Gasteiger partial charge in [0.2, 0.25) is 5.91 Å². The number of ether oxygens (including phenoxy) is 1. The van der Waals surface area contributed by atoms with Gasteiger partial charge in [-0.25, -0.2) is 4.98 Å². The van der Waals surface area contributed by atoms with Gasteiger partial charge in [-0.3, -0.25) is 14.6 Å². The highest BCUT2D eigenvalue weighted by Gasteiger charge is 2.19. The zero-order valence-corrected chi connectivity index (χ0v) is 15.6. The monoisotopic (exact) mass is 379 g/mol. The molecule has 0 unspecified atom stereocenters. The van der Waals surface area contributed by atoms with Crippen molar-refractivity contribution in [2.24, 2.45) is 0 Å². The molecule has 1 saturated heterocycles. The lowest BCUT2D eigenvalue weighted by Gasteiger charge is -2.27. The van der Waals surface area contributed by atoms with Crippen molar-refractivity contribution in [3.63, 3.8) is 0 Å². The van der Waals surface area contributed by atoms with Crippen LogP contribution in [0, 0.1) is 0 Å². The molecule has 2 heterocycles. The maximum Gasteiger partial charge on any atom is 0.243 e. The van der Waals surface area contributed by atoms with Crippen LogP contribution in [0.3, 0.4) is 0 Å². The molecule has 2 aromatic rings. The zero-order valence-electron chi connectivity index (χ0n) is 14.1. The van der Waals surface area contributed by atoms with Gasteiger partial charge in [-0.1, -0.05) is 30.3 Å². The van der Waals surface area contributed by atoms with Crippen LogP contribution in [0.2, 0.25) is 0 Å². The number of thiazole rings is 1. The first kappa shape index (κ1) is 18.3. The Balaban J connectivity index is 1.64. The summed E-state index contributed by atoms with van der Waals surface area (Å²) in [5.74, 6) is -0.129. The van der Waals surface area contributed by atoms with E-state index in [1.807, 2.05) is 35.7 Å². The molecule has 25 heavy (non-hydrogen) atoms. The molecular weight excluding hydrogens is 358 g/mol. The maximum atomic E-state index is 12.3. The molecule has 5 nitrogen and oxygen atoms in total. The Labute approximate surface area is 157 Å². The number of alkyl halides is 1. The Kier molecular flexibility index (Phi) is 6.81. The van der Waals surface area contributed by atoms with Crippen LogP contribution < -0.4 is 4.90 Å². The largest absolute Gasteiger partial charge is 0.379 e. The van der Waals surface area contributed by atoms with Gasteiger partial charge < -0.3 is 4.74 Å². The van der Waals surface area contributed by atoms with Gasteiger partial charge in [0.15, 0.2) is 5.13 Å². The van der Waals surface area contributed by atoms with E-state index < -0.39 is 0 Å². The molecule has 0 radical (unpaired) electrons. The van der Waals surface area contributed by atoms with Gasteiger partial charge in [0.05, 0.1) is 18.9 Å². The normalized spacial score (nSPS) is 15.2. The summed E-state index contributed by atoms with van der Waals surface area (Å²) in [6, 6.07) is 9.98. The molecule has 0 aliphatic carbocycles. The maximum absolute atomic E-state index is 12.3. The predicted octanol–water partition coefficient (Wildman–Crippen LogP) is 3.10. The lowest BCUT2D eigenvalue weighted by Crippen LogP contribution is -2.39. The number of rotatable bonds is 7. The number of halogens is 1. The SMILES string of the molecule is O=C(CCl)N(CCCN1CCOCC1)c1nc(-c2ccccc2)cs1. The third-order valence-electron chi connectivity index (χ3n) is 4.17. The van der Waals surface area contributed by atoms with Crippen LogP contribution in [0.15, 0.2) is 35.7 Å². The van der Waals surface area contributed by atoms with Crippen LogP contribution in [-0.2, 0) is 9.53 Å². The minimum atomic E-state index is -0.0994. The highest BCUT2D eigenvalue weighted by atomic mass is 35.5. The van der Waals surface area contributed by atoms with Gasteiger partial charge in [0.1, 0.15) is 5.88 Å². The lowest BCUT2D eigenvalue weighted by molar-refractivity contribution is -0.116. The van der Waals surface area contributed by atoms with Gasteiger partial charge >= 0.3 is 0 Å². The van der Waals surface area contributed by atoms with Crippen molar-refractivity contribution in [1.82, 2.24) is 9.88 Å². The number of anilines is 1. The molecule has 0 atom stereocenters. The van der Waals surface area contributed by atoms with Crippen LogP contribution >= 0.6 is 22.9 Å². The van der Waals surface area contributed by atoms with E-state index in [-0.39, 0.29) is 11.8 Å². The molecule has 1 amide bonds. The summed E-state index contributed by atoms with van der Waals surface area (Å²) < 4.78 is 5.36. The van der Waals surface area contributed by atoms with Crippen molar-refractivity contribution in [2.45, 2.75) is 6.42 Å². The Bertz CT molecular complexity index is 674. The topological polar surface area (TPSA) is 45.7 Å². The molecular formula is C18H22ClN3O2S. The van der Waals surface area contributed by atoms with Crippen molar-refractivity contribution >= 4 is 34.0 Å². The molecule has 7 heteroatoms. The molecule has 0 N–H and O–H groups in total. The smallest absolute Gasteiger partial charge is 0.243 e. The second-order valence-corrected chi connectivity index (χ2v) is 6.97. The van der Waals surface area contributed by atoms with Gasteiger partial charge in [-0.05, 0) is 6.42 Å². The Morgan fingerprint density at radius 3 is 2.76 bits per heavy atom. The average molecular weight is 380 g/mol. The van der Waals surface area contributed by atoms with Crippen LogP contribution in [0.5, 0.6) is 0 Å².